The Bertz CT molecular complexity index is 874. The molecule has 0 aliphatic heterocycles. The number of benzene rings is 1. The highest BCUT2D eigenvalue weighted by Crippen LogP contribution is 2.35. The molecule has 1 N–H and O–H groups in total. The number of carbonyl (C=O) groups excluding carboxylic acids is 1. The van der Waals surface area contributed by atoms with E-state index in [9.17, 15) is 18.0 Å². The Balaban J connectivity index is 2.45. The zero-order chi connectivity index (χ0) is 18.4. The van der Waals surface area contributed by atoms with E-state index in [4.69, 9.17) is 5.26 Å². The summed E-state index contributed by atoms with van der Waals surface area (Å²) in [6.07, 6.45) is -3.75. The molecule has 0 aliphatic carbocycles. The first-order valence-corrected chi connectivity index (χ1v) is 7.12. The van der Waals surface area contributed by atoms with E-state index >= 15 is 0 Å². The standard InChI is InChI=1S/C18H12F3N3O/c1-23-17(25)15(18(19,20)21)16-14(10-22)9-13(11-24-16)8-7-12-5-3-2-4-6-12/h2-6,9,11,15H,1H3,(H,23,25). The molecule has 0 fully saturated rings. The molecular formula is C18H12F3N3O. The van der Waals surface area contributed by atoms with Gasteiger partial charge in [-0.25, -0.2) is 0 Å². The van der Waals surface area contributed by atoms with Crippen molar-refractivity contribution in [2.24, 2.45) is 0 Å². The predicted molar refractivity (Wildman–Crippen MR) is 84.2 cm³/mol. The number of hydrogen-bond donors (Lipinski definition) is 1. The second kappa shape index (κ2) is 7.50. The predicted octanol–water partition coefficient (Wildman–Crippen LogP) is 2.74. The highest BCUT2D eigenvalue weighted by atomic mass is 19.4. The third-order valence-corrected chi connectivity index (χ3v) is 3.27. The number of likely N-dealkylation sites (N-methyl/N-ethyl adjacent to an activating group) is 1. The maximum absolute atomic E-state index is 13.2. The van der Waals surface area contributed by atoms with Crippen LogP contribution in [0.15, 0.2) is 42.6 Å². The average molecular weight is 343 g/mol. The molecule has 2 aromatic rings. The summed E-state index contributed by atoms with van der Waals surface area (Å²) in [5.74, 6) is 1.77. The zero-order valence-corrected chi connectivity index (χ0v) is 13.1. The number of nitrogens with zero attached hydrogens (tertiary/aromatic N) is 2. The Hall–Kier alpha value is -3.32. The summed E-state index contributed by atoms with van der Waals surface area (Å²) >= 11 is 0. The van der Waals surface area contributed by atoms with Gasteiger partial charge in [0, 0.05) is 24.4 Å². The monoisotopic (exact) mass is 343 g/mol. The maximum Gasteiger partial charge on any atom is 0.406 e. The van der Waals surface area contributed by atoms with Gasteiger partial charge in [0.1, 0.15) is 6.07 Å². The van der Waals surface area contributed by atoms with Crippen molar-refractivity contribution in [3.63, 3.8) is 0 Å². The van der Waals surface area contributed by atoms with Crippen LogP contribution in [0, 0.1) is 23.2 Å². The van der Waals surface area contributed by atoms with Gasteiger partial charge in [0.05, 0.1) is 11.3 Å². The smallest absolute Gasteiger partial charge is 0.358 e. The first-order chi connectivity index (χ1) is 11.9. The van der Waals surface area contributed by atoms with Crippen molar-refractivity contribution in [3.8, 4) is 17.9 Å². The van der Waals surface area contributed by atoms with Gasteiger partial charge in [-0.05, 0) is 18.2 Å². The van der Waals surface area contributed by atoms with Gasteiger partial charge in [-0.2, -0.15) is 18.4 Å². The van der Waals surface area contributed by atoms with Gasteiger partial charge in [0.25, 0.3) is 0 Å². The molecule has 0 spiro atoms. The molecule has 25 heavy (non-hydrogen) atoms. The van der Waals surface area contributed by atoms with Crippen LogP contribution in [-0.4, -0.2) is 24.1 Å². The summed E-state index contributed by atoms with van der Waals surface area (Å²) in [6.45, 7) is 0. The number of aromatic nitrogens is 1. The molecule has 0 saturated heterocycles. The summed E-state index contributed by atoms with van der Waals surface area (Å²) < 4.78 is 39.6. The minimum Gasteiger partial charge on any atom is -0.358 e. The SMILES string of the molecule is CNC(=O)C(c1ncc(C#Cc2ccccc2)cc1C#N)C(F)(F)F. The minimum absolute atomic E-state index is 0.280. The van der Waals surface area contributed by atoms with Crippen LogP contribution in [0.1, 0.15) is 28.3 Å². The van der Waals surface area contributed by atoms with Crippen molar-refractivity contribution in [1.82, 2.24) is 10.3 Å². The number of nitrogens with one attached hydrogen (secondary N) is 1. The molecule has 1 amide bonds. The third-order valence-electron chi connectivity index (χ3n) is 3.27. The quantitative estimate of drug-likeness (QED) is 0.853. The molecule has 1 aromatic heterocycles. The van der Waals surface area contributed by atoms with Crippen LogP contribution < -0.4 is 5.32 Å². The molecule has 1 atom stereocenters. The number of pyridine rings is 1. The topological polar surface area (TPSA) is 65.8 Å². The number of alkyl halides is 3. The van der Waals surface area contributed by atoms with Crippen LogP contribution in [0.4, 0.5) is 13.2 Å². The summed E-state index contributed by atoms with van der Waals surface area (Å²) in [6, 6.07) is 11.8. The summed E-state index contributed by atoms with van der Waals surface area (Å²) in [5, 5.41) is 11.1. The molecule has 0 radical (unpaired) electrons. The van der Waals surface area contributed by atoms with Gasteiger partial charge in [-0.1, -0.05) is 30.0 Å². The van der Waals surface area contributed by atoms with E-state index in [1.807, 2.05) is 11.4 Å². The van der Waals surface area contributed by atoms with Crippen molar-refractivity contribution >= 4 is 5.91 Å². The second-order valence-electron chi connectivity index (χ2n) is 4.97. The fourth-order valence-electron chi connectivity index (χ4n) is 2.10. The Kier molecular flexibility index (Phi) is 5.41. The maximum atomic E-state index is 13.2. The largest absolute Gasteiger partial charge is 0.406 e. The van der Waals surface area contributed by atoms with Gasteiger partial charge in [0.2, 0.25) is 5.91 Å². The normalized spacial score (nSPS) is 11.6. The van der Waals surface area contributed by atoms with E-state index in [-0.39, 0.29) is 11.1 Å². The molecule has 1 aromatic carbocycles. The van der Waals surface area contributed by atoms with Gasteiger partial charge in [0.15, 0.2) is 5.92 Å². The minimum atomic E-state index is -4.87. The second-order valence-corrected chi connectivity index (χ2v) is 4.97. The van der Waals surface area contributed by atoms with Gasteiger partial charge < -0.3 is 5.32 Å². The number of rotatable bonds is 2. The van der Waals surface area contributed by atoms with E-state index in [1.54, 1.807) is 30.3 Å². The zero-order valence-electron chi connectivity index (χ0n) is 13.1. The van der Waals surface area contributed by atoms with Crippen molar-refractivity contribution in [1.29, 1.82) is 5.26 Å². The first kappa shape index (κ1) is 18.0. The van der Waals surface area contributed by atoms with Crippen LogP contribution in [0.2, 0.25) is 0 Å². The lowest BCUT2D eigenvalue weighted by Gasteiger charge is -2.19. The van der Waals surface area contributed by atoms with Crippen LogP contribution in [0.3, 0.4) is 0 Å². The number of amides is 1. The van der Waals surface area contributed by atoms with Crippen LogP contribution in [0.25, 0.3) is 0 Å². The molecule has 126 valence electrons. The fourth-order valence-corrected chi connectivity index (χ4v) is 2.10. The lowest BCUT2D eigenvalue weighted by molar-refractivity contribution is -0.165. The Morgan fingerprint density at radius 2 is 1.84 bits per heavy atom. The number of nitriles is 1. The third kappa shape index (κ3) is 4.36. The Morgan fingerprint density at radius 3 is 2.40 bits per heavy atom. The fraction of sp³-hybridized carbons (Fsp3) is 0.167. The Labute approximate surface area is 142 Å². The molecule has 0 aliphatic rings. The lowest BCUT2D eigenvalue weighted by atomic mass is 9.98. The molecule has 0 bridgehead atoms. The number of carbonyl (C=O) groups is 1. The van der Waals surface area contributed by atoms with Gasteiger partial charge in [-0.15, -0.1) is 0 Å². The van der Waals surface area contributed by atoms with Crippen molar-refractivity contribution in [2.45, 2.75) is 12.1 Å². The van der Waals surface area contributed by atoms with E-state index in [1.165, 1.54) is 6.07 Å². The van der Waals surface area contributed by atoms with Crippen LogP contribution in [0.5, 0.6) is 0 Å². The summed E-state index contributed by atoms with van der Waals surface area (Å²) in [7, 11) is 1.09. The first-order valence-electron chi connectivity index (χ1n) is 7.12. The average Bonchev–Trinajstić information content (AvgIpc) is 2.60. The highest BCUT2D eigenvalue weighted by Gasteiger charge is 2.47. The van der Waals surface area contributed by atoms with E-state index in [2.05, 4.69) is 16.8 Å². The molecular weight excluding hydrogens is 331 g/mol. The highest BCUT2D eigenvalue weighted by molar-refractivity contribution is 5.84. The molecule has 1 heterocycles. The van der Waals surface area contributed by atoms with Crippen LogP contribution in [-0.2, 0) is 4.79 Å². The van der Waals surface area contributed by atoms with E-state index in [0.717, 1.165) is 13.2 Å². The molecule has 4 nitrogen and oxygen atoms in total. The van der Waals surface area contributed by atoms with Crippen molar-refractivity contribution in [2.75, 3.05) is 7.05 Å². The van der Waals surface area contributed by atoms with Crippen molar-refractivity contribution in [3.05, 3.63) is 65.0 Å². The number of halogens is 3. The van der Waals surface area contributed by atoms with E-state index in [0.29, 0.717) is 5.56 Å². The summed E-state index contributed by atoms with van der Waals surface area (Å²) in [4.78, 5) is 15.3. The number of hydrogen-bond acceptors (Lipinski definition) is 3. The van der Waals surface area contributed by atoms with Gasteiger partial charge >= 0.3 is 6.18 Å². The van der Waals surface area contributed by atoms with Crippen molar-refractivity contribution < 1.29 is 18.0 Å². The molecule has 1 unspecified atom stereocenters. The molecule has 2 rings (SSSR count). The summed E-state index contributed by atoms with van der Waals surface area (Å²) in [5.41, 5.74) is 0.0102. The Morgan fingerprint density at radius 1 is 1.20 bits per heavy atom. The lowest BCUT2D eigenvalue weighted by Crippen LogP contribution is -2.36. The molecule has 0 saturated carbocycles. The van der Waals surface area contributed by atoms with Gasteiger partial charge in [-0.3, -0.25) is 9.78 Å². The van der Waals surface area contributed by atoms with Crippen LogP contribution >= 0.6 is 0 Å². The molecule has 7 heteroatoms. The van der Waals surface area contributed by atoms with E-state index < -0.39 is 23.7 Å².